The highest BCUT2D eigenvalue weighted by atomic mass is 32.2. The Morgan fingerprint density at radius 1 is 1.26 bits per heavy atom. The van der Waals surface area contributed by atoms with Crippen LogP contribution in [0.15, 0.2) is 28.5 Å². The summed E-state index contributed by atoms with van der Waals surface area (Å²) in [6, 6.07) is 4.12. The molecule has 2 heterocycles. The van der Waals surface area contributed by atoms with E-state index in [1.165, 1.54) is 23.5 Å². The third-order valence-corrected chi connectivity index (χ3v) is 6.88. The van der Waals surface area contributed by atoms with Gasteiger partial charge in [0.05, 0.1) is 4.70 Å². The molecule has 0 unspecified atom stereocenters. The van der Waals surface area contributed by atoms with Crippen LogP contribution >= 0.6 is 22.7 Å². The molecule has 0 saturated carbocycles. The lowest BCUT2D eigenvalue weighted by Crippen LogP contribution is -2.12. The summed E-state index contributed by atoms with van der Waals surface area (Å²) < 4.78 is 24.7. The fourth-order valence-corrected chi connectivity index (χ4v) is 5.43. The maximum absolute atomic E-state index is 11.5. The first kappa shape index (κ1) is 15.9. The number of carbonyl (C=O) groups is 1. The first-order valence-corrected chi connectivity index (χ1v) is 9.54. The minimum Gasteiger partial charge on any atom is -0.507 e. The van der Waals surface area contributed by atoms with E-state index in [1.54, 1.807) is 13.0 Å². The summed E-state index contributed by atoms with van der Waals surface area (Å²) in [5.74, 6) is -1.41. The number of phenols is 1. The Hall–Kier alpha value is -1.94. The van der Waals surface area contributed by atoms with Crippen LogP contribution in [0, 0.1) is 6.92 Å². The largest absolute Gasteiger partial charge is 0.507 e. The standard InChI is InChI=1S/C14H11NO5S3/c1-6-11-13(22-12(6)14(17)18)8(5-21-11)7-2-3-9(16)10(4-7)23(15,19)20/h2-5,16H,1H3,(H,17,18)(H2,15,19,20). The van der Waals surface area contributed by atoms with Crippen LogP contribution in [0.1, 0.15) is 15.2 Å². The number of aromatic carboxylic acids is 1. The number of primary sulfonamides is 1. The highest BCUT2D eigenvalue weighted by molar-refractivity contribution is 7.89. The third-order valence-electron chi connectivity index (χ3n) is 3.40. The number of sulfonamides is 1. The first-order valence-electron chi connectivity index (χ1n) is 6.30. The number of aryl methyl sites for hydroxylation is 1. The molecule has 9 heteroatoms. The lowest BCUT2D eigenvalue weighted by Gasteiger charge is -2.05. The summed E-state index contributed by atoms with van der Waals surface area (Å²) >= 11 is 2.54. The van der Waals surface area contributed by atoms with E-state index in [0.29, 0.717) is 11.1 Å². The van der Waals surface area contributed by atoms with Gasteiger partial charge in [-0.1, -0.05) is 6.07 Å². The van der Waals surface area contributed by atoms with E-state index in [2.05, 4.69) is 0 Å². The van der Waals surface area contributed by atoms with Crippen LogP contribution in [-0.2, 0) is 10.0 Å². The Morgan fingerprint density at radius 3 is 2.57 bits per heavy atom. The summed E-state index contributed by atoms with van der Waals surface area (Å²) in [5, 5.41) is 25.8. The van der Waals surface area contributed by atoms with Crippen molar-refractivity contribution in [2.24, 2.45) is 5.14 Å². The molecule has 23 heavy (non-hydrogen) atoms. The summed E-state index contributed by atoms with van der Waals surface area (Å²) in [5.41, 5.74) is 1.96. The quantitative estimate of drug-likeness (QED) is 0.656. The van der Waals surface area contributed by atoms with E-state index >= 15 is 0 Å². The van der Waals surface area contributed by atoms with Gasteiger partial charge in [0.25, 0.3) is 0 Å². The van der Waals surface area contributed by atoms with Crippen LogP contribution in [-0.4, -0.2) is 24.6 Å². The van der Waals surface area contributed by atoms with Crippen molar-refractivity contribution in [3.05, 3.63) is 34.0 Å². The van der Waals surface area contributed by atoms with Gasteiger partial charge in [-0.15, -0.1) is 22.7 Å². The molecule has 0 amide bonds. The molecule has 3 aromatic rings. The molecule has 1 aromatic carbocycles. The number of nitrogens with two attached hydrogens (primary N) is 1. The van der Waals surface area contributed by atoms with Gasteiger partial charge >= 0.3 is 5.97 Å². The van der Waals surface area contributed by atoms with Crippen LogP contribution in [0.2, 0.25) is 0 Å². The van der Waals surface area contributed by atoms with Crippen molar-refractivity contribution in [1.82, 2.24) is 0 Å². The number of benzene rings is 1. The molecule has 120 valence electrons. The van der Waals surface area contributed by atoms with Crippen molar-refractivity contribution in [2.45, 2.75) is 11.8 Å². The number of carboxylic acid groups (broad SMARTS) is 1. The molecule has 0 saturated heterocycles. The summed E-state index contributed by atoms with van der Waals surface area (Å²) in [7, 11) is -4.05. The number of rotatable bonds is 3. The maximum atomic E-state index is 11.5. The van der Waals surface area contributed by atoms with Gasteiger partial charge in [0.1, 0.15) is 15.5 Å². The molecule has 3 rings (SSSR count). The highest BCUT2D eigenvalue weighted by Crippen LogP contribution is 2.43. The predicted octanol–water partition coefficient (Wildman–Crippen LogP) is 2.99. The predicted molar refractivity (Wildman–Crippen MR) is 89.9 cm³/mol. The molecule has 2 aromatic heterocycles. The Morgan fingerprint density at radius 2 is 1.96 bits per heavy atom. The van der Waals surface area contributed by atoms with Crippen LogP contribution < -0.4 is 5.14 Å². The van der Waals surface area contributed by atoms with Crippen molar-refractivity contribution in [2.75, 3.05) is 0 Å². The number of phenolic OH excluding ortho intramolecular Hbond substituents is 1. The molecule has 4 N–H and O–H groups in total. The van der Waals surface area contributed by atoms with Gasteiger partial charge in [-0.25, -0.2) is 18.4 Å². The van der Waals surface area contributed by atoms with Gasteiger partial charge < -0.3 is 10.2 Å². The van der Waals surface area contributed by atoms with Gasteiger partial charge in [-0.05, 0) is 30.2 Å². The average molecular weight is 369 g/mol. The van der Waals surface area contributed by atoms with E-state index in [9.17, 15) is 23.4 Å². The smallest absolute Gasteiger partial charge is 0.346 e. The second kappa shape index (κ2) is 5.31. The molecule has 0 radical (unpaired) electrons. The van der Waals surface area contributed by atoms with E-state index in [1.807, 2.05) is 5.38 Å². The number of aromatic hydroxyl groups is 1. The van der Waals surface area contributed by atoms with Gasteiger partial charge in [-0.3, -0.25) is 0 Å². The molecular formula is C14H11NO5S3. The lowest BCUT2D eigenvalue weighted by atomic mass is 10.1. The molecule has 0 bridgehead atoms. The van der Waals surface area contributed by atoms with Crippen molar-refractivity contribution < 1.29 is 23.4 Å². The molecule has 6 nitrogen and oxygen atoms in total. The van der Waals surface area contributed by atoms with Gasteiger partial charge in [-0.2, -0.15) is 0 Å². The van der Waals surface area contributed by atoms with E-state index in [4.69, 9.17) is 5.14 Å². The van der Waals surface area contributed by atoms with E-state index < -0.39 is 21.7 Å². The normalized spacial score (nSPS) is 11.9. The number of thiophene rings is 2. The summed E-state index contributed by atoms with van der Waals surface area (Å²) in [6.45, 7) is 1.75. The number of hydrogen-bond donors (Lipinski definition) is 3. The Bertz CT molecular complexity index is 1050. The molecule has 0 aliphatic carbocycles. The SMILES string of the molecule is Cc1c(C(=O)O)sc2c(-c3ccc(O)c(S(N)(=O)=O)c3)csc12. The molecular weight excluding hydrogens is 358 g/mol. The highest BCUT2D eigenvalue weighted by Gasteiger charge is 2.21. The maximum Gasteiger partial charge on any atom is 0.346 e. The van der Waals surface area contributed by atoms with Gasteiger partial charge in [0.2, 0.25) is 10.0 Å². The first-order chi connectivity index (χ1) is 10.7. The zero-order valence-electron chi connectivity index (χ0n) is 11.7. The monoisotopic (exact) mass is 369 g/mol. The lowest BCUT2D eigenvalue weighted by molar-refractivity contribution is 0.0701. The van der Waals surface area contributed by atoms with Crippen LogP contribution in [0.5, 0.6) is 5.75 Å². The molecule has 0 fully saturated rings. The van der Waals surface area contributed by atoms with E-state index in [0.717, 1.165) is 26.3 Å². The Labute approximate surface area is 139 Å². The fraction of sp³-hybridized carbons (Fsp3) is 0.0714. The minimum atomic E-state index is -4.05. The minimum absolute atomic E-state index is 0.263. The van der Waals surface area contributed by atoms with Gasteiger partial charge in [0, 0.05) is 15.6 Å². The second-order valence-electron chi connectivity index (χ2n) is 4.90. The third kappa shape index (κ3) is 2.61. The second-order valence-corrected chi connectivity index (χ2v) is 8.33. The zero-order valence-corrected chi connectivity index (χ0v) is 14.2. The molecule has 0 aliphatic heterocycles. The van der Waals surface area contributed by atoms with Gasteiger partial charge in [0.15, 0.2) is 0 Å². The molecule has 0 atom stereocenters. The van der Waals surface area contributed by atoms with Crippen molar-refractivity contribution in [1.29, 1.82) is 0 Å². The number of carboxylic acids is 1. The van der Waals surface area contributed by atoms with Crippen molar-refractivity contribution >= 4 is 48.1 Å². The number of hydrogen-bond acceptors (Lipinski definition) is 6. The fourth-order valence-electron chi connectivity index (χ4n) is 2.30. The van der Waals surface area contributed by atoms with Crippen molar-refractivity contribution in [3.8, 4) is 16.9 Å². The van der Waals surface area contributed by atoms with Crippen LogP contribution in [0.4, 0.5) is 0 Å². The summed E-state index contributed by atoms with van der Waals surface area (Å²) in [6.07, 6.45) is 0. The van der Waals surface area contributed by atoms with Crippen molar-refractivity contribution in [3.63, 3.8) is 0 Å². The number of fused-ring (bicyclic) bond motifs is 1. The van der Waals surface area contributed by atoms with Crippen LogP contribution in [0.3, 0.4) is 0 Å². The molecule has 0 spiro atoms. The molecule has 0 aliphatic rings. The summed E-state index contributed by atoms with van der Waals surface area (Å²) in [4.78, 5) is 11.2. The Balaban J connectivity index is 2.26. The average Bonchev–Trinajstić information content (AvgIpc) is 2.99. The van der Waals surface area contributed by atoms with Crippen LogP contribution in [0.25, 0.3) is 20.5 Å². The van der Waals surface area contributed by atoms with E-state index in [-0.39, 0.29) is 9.77 Å². The topological polar surface area (TPSA) is 118 Å². The Kier molecular flexibility index (Phi) is 3.68. The zero-order chi connectivity index (χ0) is 16.9.